The van der Waals surface area contributed by atoms with Crippen molar-refractivity contribution in [1.82, 2.24) is 5.32 Å². The lowest BCUT2D eigenvalue weighted by Crippen LogP contribution is -2.60. The summed E-state index contributed by atoms with van der Waals surface area (Å²) in [5.74, 6) is 0. The van der Waals surface area contributed by atoms with E-state index in [-0.39, 0.29) is 18.3 Å². The molecule has 1 heterocycles. The fraction of sp³-hybridized carbons (Fsp3) is 1.00. The molecule has 2 rings (SSSR count). The summed E-state index contributed by atoms with van der Waals surface area (Å²) >= 11 is 0. The van der Waals surface area contributed by atoms with Crippen LogP contribution in [0.15, 0.2) is 0 Å². The van der Waals surface area contributed by atoms with Crippen LogP contribution in [-0.4, -0.2) is 51.2 Å². The standard InChI is InChI=1S/C11H21NO3/c1-3-14-11-9(12-2)6-10(11)15-8-4-5-13-7-8/h8-12H,3-7H2,1-2H3. The number of hydrogen-bond donors (Lipinski definition) is 1. The van der Waals surface area contributed by atoms with Crippen molar-refractivity contribution in [2.75, 3.05) is 26.9 Å². The molecule has 15 heavy (non-hydrogen) atoms. The van der Waals surface area contributed by atoms with E-state index in [9.17, 15) is 0 Å². The summed E-state index contributed by atoms with van der Waals surface area (Å²) in [6, 6.07) is 0.456. The minimum atomic E-state index is 0.223. The van der Waals surface area contributed by atoms with Crippen LogP contribution in [0.5, 0.6) is 0 Å². The van der Waals surface area contributed by atoms with Gasteiger partial charge in [0.15, 0.2) is 0 Å². The number of nitrogens with one attached hydrogen (secondary N) is 1. The van der Waals surface area contributed by atoms with E-state index in [1.807, 2.05) is 14.0 Å². The van der Waals surface area contributed by atoms with E-state index in [0.717, 1.165) is 32.7 Å². The van der Waals surface area contributed by atoms with Gasteiger partial charge in [0.2, 0.25) is 0 Å². The van der Waals surface area contributed by atoms with Gasteiger partial charge in [-0.1, -0.05) is 0 Å². The molecule has 1 aliphatic carbocycles. The second-order valence-corrected chi connectivity index (χ2v) is 4.21. The van der Waals surface area contributed by atoms with Gasteiger partial charge in [-0.25, -0.2) is 0 Å². The molecule has 0 radical (unpaired) electrons. The van der Waals surface area contributed by atoms with Crippen LogP contribution in [-0.2, 0) is 14.2 Å². The Balaban J connectivity index is 1.77. The second kappa shape index (κ2) is 5.25. The molecule has 0 aromatic heterocycles. The monoisotopic (exact) mass is 215 g/mol. The molecular formula is C11H21NO3. The smallest absolute Gasteiger partial charge is 0.0990 e. The molecule has 88 valence electrons. The maximum absolute atomic E-state index is 5.95. The average molecular weight is 215 g/mol. The molecule has 0 aromatic rings. The average Bonchev–Trinajstić information content (AvgIpc) is 2.73. The van der Waals surface area contributed by atoms with Crippen LogP contribution in [0.4, 0.5) is 0 Å². The summed E-state index contributed by atoms with van der Waals surface area (Å²) in [6.07, 6.45) is 2.85. The van der Waals surface area contributed by atoms with Crippen LogP contribution in [0, 0.1) is 0 Å². The minimum Gasteiger partial charge on any atom is -0.379 e. The third kappa shape index (κ3) is 2.50. The highest BCUT2D eigenvalue weighted by molar-refractivity contribution is 4.97. The van der Waals surface area contributed by atoms with E-state index in [4.69, 9.17) is 14.2 Å². The molecule has 2 fully saturated rings. The summed E-state index contributed by atoms with van der Waals surface area (Å²) in [5, 5.41) is 3.25. The van der Waals surface area contributed by atoms with Gasteiger partial charge in [-0.2, -0.15) is 0 Å². The molecule has 4 heteroatoms. The van der Waals surface area contributed by atoms with Gasteiger partial charge in [0.1, 0.15) is 0 Å². The Morgan fingerprint density at radius 3 is 2.93 bits per heavy atom. The maximum atomic E-state index is 5.95. The molecule has 4 unspecified atom stereocenters. The lowest BCUT2D eigenvalue weighted by atomic mass is 9.85. The van der Waals surface area contributed by atoms with Crippen molar-refractivity contribution in [3.8, 4) is 0 Å². The molecule has 0 spiro atoms. The molecule has 1 N–H and O–H groups in total. The third-order valence-electron chi connectivity index (χ3n) is 3.23. The first-order chi connectivity index (χ1) is 7.35. The van der Waals surface area contributed by atoms with Crippen molar-refractivity contribution in [1.29, 1.82) is 0 Å². The number of likely N-dealkylation sites (N-methyl/N-ethyl adjacent to an activating group) is 1. The van der Waals surface area contributed by atoms with Crippen LogP contribution >= 0.6 is 0 Å². The van der Waals surface area contributed by atoms with Crippen LogP contribution in [0.3, 0.4) is 0 Å². The number of rotatable bonds is 5. The van der Waals surface area contributed by atoms with Gasteiger partial charge < -0.3 is 19.5 Å². The van der Waals surface area contributed by atoms with Crippen molar-refractivity contribution < 1.29 is 14.2 Å². The Hall–Kier alpha value is -0.160. The molecule has 1 saturated heterocycles. The molecule has 1 saturated carbocycles. The Bertz CT molecular complexity index is 194. The van der Waals surface area contributed by atoms with E-state index in [1.54, 1.807) is 0 Å². The Kier molecular flexibility index (Phi) is 3.97. The molecule has 4 nitrogen and oxygen atoms in total. The molecule has 1 aliphatic heterocycles. The van der Waals surface area contributed by atoms with Crippen molar-refractivity contribution in [3.63, 3.8) is 0 Å². The fourth-order valence-electron chi connectivity index (χ4n) is 2.28. The highest BCUT2D eigenvalue weighted by Gasteiger charge is 2.43. The zero-order valence-corrected chi connectivity index (χ0v) is 9.57. The van der Waals surface area contributed by atoms with Gasteiger partial charge >= 0.3 is 0 Å². The first kappa shape index (κ1) is 11.3. The summed E-state index contributed by atoms with van der Waals surface area (Å²) in [6.45, 7) is 4.37. The van der Waals surface area contributed by atoms with Gasteiger partial charge in [-0.3, -0.25) is 0 Å². The Labute approximate surface area is 91.3 Å². The normalized spacial score (nSPS) is 40.4. The van der Waals surface area contributed by atoms with Gasteiger partial charge in [0.05, 0.1) is 24.9 Å². The van der Waals surface area contributed by atoms with Gasteiger partial charge in [-0.05, 0) is 26.8 Å². The highest BCUT2D eigenvalue weighted by Crippen LogP contribution is 2.29. The lowest BCUT2D eigenvalue weighted by Gasteiger charge is -2.44. The first-order valence-corrected chi connectivity index (χ1v) is 5.87. The third-order valence-corrected chi connectivity index (χ3v) is 3.23. The molecule has 2 aliphatic rings. The molecule has 0 amide bonds. The zero-order valence-electron chi connectivity index (χ0n) is 9.57. The predicted octanol–water partition coefficient (Wildman–Crippen LogP) is 0.557. The zero-order chi connectivity index (χ0) is 10.7. The summed E-state index contributed by atoms with van der Waals surface area (Å²) in [5.41, 5.74) is 0. The summed E-state index contributed by atoms with van der Waals surface area (Å²) in [7, 11) is 1.98. The minimum absolute atomic E-state index is 0.223. The lowest BCUT2D eigenvalue weighted by molar-refractivity contribution is -0.164. The predicted molar refractivity (Wildman–Crippen MR) is 57.0 cm³/mol. The van der Waals surface area contributed by atoms with Gasteiger partial charge in [0.25, 0.3) is 0 Å². The summed E-state index contributed by atoms with van der Waals surface area (Å²) in [4.78, 5) is 0. The summed E-state index contributed by atoms with van der Waals surface area (Å²) < 4.78 is 16.9. The van der Waals surface area contributed by atoms with Crippen LogP contribution in [0.25, 0.3) is 0 Å². The highest BCUT2D eigenvalue weighted by atomic mass is 16.6. The second-order valence-electron chi connectivity index (χ2n) is 4.21. The van der Waals surface area contributed by atoms with E-state index < -0.39 is 0 Å². The Morgan fingerprint density at radius 1 is 1.47 bits per heavy atom. The number of hydrogen-bond acceptors (Lipinski definition) is 4. The number of ether oxygens (including phenoxy) is 3. The van der Waals surface area contributed by atoms with Crippen LogP contribution < -0.4 is 5.32 Å². The maximum Gasteiger partial charge on any atom is 0.0990 e. The van der Waals surface area contributed by atoms with Gasteiger partial charge in [0, 0.05) is 19.3 Å². The molecular weight excluding hydrogens is 194 g/mol. The van der Waals surface area contributed by atoms with Gasteiger partial charge in [-0.15, -0.1) is 0 Å². The Morgan fingerprint density at radius 2 is 2.33 bits per heavy atom. The van der Waals surface area contributed by atoms with Crippen molar-refractivity contribution >= 4 is 0 Å². The van der Waals surface area contributed by atoms with Crippen molar-refractivity contribution in [2.24, 2.45) is 0 Å². The fourth-order valence-corrected chi connectivity index (χ4v) is 2.28. The van der Waals surface area contributed by atoms with Crippen molar-refractivity contribution in [3.05, 3.63) is 0 Å². The van der Waals surface area contributed by atoms with E-state index in [2.05, 4.69) is 5.32 Å². The first-order valence-electron chi connectivity index (χ1n) is 5.87. The quantitative estimate of drug-likeness (QED) is 0.727. The van der Waals surface area contributed by atoms with E-state index in [1.165, 1.54) is 0 Å². The molecule has 0 aromatic carbocycles. The van der Waals surface area contributed by atoms with E-state index in [0.29, 0.717) is 6.04 Å². The largest absolute Gasteiger partial charge is 0.379 e. The van der Waals surface area contributed by atoms with Crippen LogP contribution in [0.2, 0.25) is 0 Å². The van der Waals surface area contributed by atoms with E-state index >= 15 is 0 Å². The topological polar surface area (TPSA) is 39.7 Å². The molecule has 0 bridgehead atoms. The van der Waals surface area contributed by atoms with Crippen LogP contribution in [0.1, 0.15) is 19.8 Å². The SMILES string of the molecule is CCOC1C(NC)CC1OC1CCOC1. The molecule has 4 atom stereocenters. The van der Waals surface area contributed by atoms with Crippen molar-refractivity contribution in [2.45, 2.75) is 44.1 Å².